The molecule has 0 spiro atoms. The Labute approximate surface area is 219 Å². The molecule has 0 rings (SSSR count). The average Bonchev–Trinajstić information content (AvgIpc) is 2.62. The zero-order chi connectivity index (χ0) is 31.4. The van der Waals surface area contributed by atoms with E-state index in [4.69, 9.17) is 0 Å². The molecule has 0 aromatic heterocycles. The van der Waals surface area contributed by atoms with Crippen LogP contribution in [0.4, 0.5) is 87.8 Å². The first kappa shape index (κ1) is 39.8. The Morgan fingerprint density at radius 1 is 0.447 bits per heavy atom. The van der Waals surface area contributed by atoms with Crippen LogP contribution < -0.4 is 0 Å². The van der Waals surface area contributed by atoms with Crippen molar-refractivity contribution in [3.63, 3.8) is 0 Å². The number of thiol groups is 1. The molecule has 0 saturated heterocycles. The summed E-state index contributed by atoms with van der Waals surface area (Å²) in [5.41, 5.74) is -11.8. The summed E-state index contributed by atoms with van der Waals surface area (Å²) in [6, 6.07) is 0. The minimum absolute atomic E-state index is 0.353. The standard InChI is InChI=1S/C8H7F10I.C8H8F10S/c2*9-5(7(13,14)15,8(16,17)18)3-4(1-2-19)6(10,11)12/h4H,1-3H2;4,19H,1-3H2. The minimum atomic E-state index is -6.48. The number of halogens is 21. The largest absolute Gasteiger partial charge is 0.431 e. The second-order valence-corrected chi connectivity index (χ2v) is 8.99. The van der Waals surface area contributed by atoms with Crippen molar-refractivity contribution in [1.82, 2.24) is 0 Å². The third-order valence-electron chi connectivity index (χ3n) is 4.71. The van der Waals surface area contributed by atoms with Gasteiger partial charge in [-0.2, -0.15) is 91.7 Å². The Bertz CT molecular complexity index is 609. The van der Waals surface area contributed by atoms with E-state index in [0.29, 0.717) is 0 Å². The van der Waals surface area contributed by atoms with E-state index in [1.54, 1.807) is 0 Å². The van der Waals surface area contributed by atoms with Gasteiger partial charge in [-0.25, -0.2) is 8.78 Å². The van der Waals surface area contributed by atoms with Gasteiger partial charge in [-0.1, -0.05) is 22.6 Å². The highest BCUT2D eigenvalue weighted by Crippen LogP contribution is 2.53. The van der Waals surface area contributed by atoms with Crippen LogP contribution in [0, 0.1) is 11.8 Å². The fraction of sp³-hybridized carbons (Fsp3) is 1.00. The van der Waals surface area contributed by atoms with Crippen LogP contribution in [0.5, 0.6) is 0 Å². The maximum absolute atomic E-state index is 13.2. The summed E-state index contributed by atoms with van der Waals surface area (Å²) in [6.07, 6.45) is -44.2. The van der Waals surface area contributed by atoms with E-state index in [2.05, 4.69) is 12.6 Å². The smallest absolute Gasteiger partial charge is 0.224 e. The maximum Gasteiger partial charge on any atom is 0.431 e. The first-order chi connectivity index (χ1) is 16.3. The van der Waals surface area contributed by atoms with Crippen molar-refractivity contribution in [2.45, 2.75) is 74.1 Å². The van der Waals surface area contributed by atoms with Crippen LogP contribution in [-0.2, 0) is 0 Å². The van der Waals surface area contributed by atoms with E-state index in [9.17, 15) is 87.8 Å². The first-order valence-electron chi connectivity index (χ1n) is 9.28. The summed E-state index contributed by atoms with van der Waals surface area (Å²) in [5, 5.41) is 0. The van der Waals surface area contributed by atoms with E-state index in [1.165, 1.54) is 22.6 Å². The van der Waals surface area contributed by atoms with Crippen molar-refractivity contribution >= 4 is 35.2 Å². The average molecular weight is 746 g/mol. The van der Waals surface area contributed by atoms with E-state index in [1.807, 2.05) is 0 Å². The number of alkyl halides is 21. The minimum Gasteiger partial charge on any atom is -0.224 e. The zero-order valence-electron chi connectivity index (χ0n) is 17.8. The fourth-order valence-corrected chi connectivity index (χ4v) is 3.58. The lowest BCUT2D eigenvalue weighted by molar-refractivity contribution is -0.353. The van der Waals surface area contributed by atoms with Crippen LogP contribution in [0.15, 0.2) is 0 Å². The van der Waals surface area contributed by atoms with Crippen molar-refractivity contribution in [3.05, 3.63) is 0 Å². The Balaban J connectivity index is 0. The van der Waals surface area contributed by atoms with Crippen LogP contribution in [0.2, 0.25) is 0 Å². The first-order valence-corrected chi connectivity index (χ1v) is 11.4. The SMILES string of the molecule is FC(F)(F)C(CCI)CC(F)(C(F)(F)F)C(F)(F)F.FC(F)(F)C(CCS)CC(F)(C(F)(F)F)C(F)(F)F. The van der Waals surface area contributed by atoms with E-state index >= 15 is 0 Å². The molecule has 0 heterocycles. The van der Waals surface area contributed by atoms with Gasteiger partial charge in [0.1, 0.15) is 0 Å². The lowest BCUT2D eigenvalue weighted by Gasteiger charge is -2.33. The number of hydrogen-bond donors (Lipinski definition) is 1. The molecule has 0 aliphatic carbocycles. The summed E-state index contributed by atoms with van der Waals surface area (Å²) in [5.74, 6) is -6.73. The molecule has 0 radical (unpaired) electrons. The van der Waals surface area contributed by atoms with Crippen molar-refractivity contribution in [3.8, 4) is 0 Å². The van der Waals surface area contributed by atoms with Gasteiger partial charge in [0.05, 0.1) is 11.8 Å². The molecule has 0 aromatic rings. The van der Waals surface area contributed by atoms with Crippen molar-refractivity contribution in [1.29, 1.82) is 0 Å². The second-order valence-electron chi connectivity index (χ2n) is 7.47. The molecule has 0 fully saturated rings. The highest BCUT2D eigenvalue weighted by Gasteiger charge is 2.74. The fourth-order valence-electron chi connectivity index (χ4n) is 2.51. The molecule has 0 saturated carbocycles. The summed E-state index contributed by atoms with van der Waals surface area (Å²) < 4.78 is 245. The van der Waals surface area contributed by atoms with Crippen LogP contribution in [0.1, 0.15) is 25.7 Å². The normalized spacial score (nSPS) is 16.6. The predicted octanol–water partition coefficient (Wildman–Crippen LogP) is 9.92. The molecule has 0 aliphatic heterocycles. The van der Waals surface area contributed by atoms with Gasteiger partial charge >= 0.3 is 37.1 Å². The number of hydrogen-bond acceptors (Lipinski definition) is 1. The molecular formula is C16H15F20IS. The van der Waals surface area contributed by atoms with Gasteiger partial charge in [-0.15, -0.1) is 0 Å². The molecule has 0 bridgehead atoms. The van der Waals surface area contributed by atoms with Crippen LogP contribution in [0.3, 0.4) is 0 Å². The Morgan fingerprint density at radius 3 is 0.842 bits per heavy atom. The summed E-state index contributed by atoms with van der Waals surface area (Å²) in [7, 11) is 0. The summed E-state index contributed by atoms with van der Waals surface area (Å²) in [4.78, 5) is 0. The summed E-state index contributed by atoms with van der Waals surface area (Å²) in [6.45, 7) is 0. The maximum atomic E-state index is 13.2. The van der Waals surface area contributed by atoms with Crippen LogP contribution in [-0.4, -0.2) is 58.6 Å². The lowest BCUT2D eigenvalue weighted by atomic mass is 9.88. The van der Waals surface area contributed by atoms with Gasteiger partial charge in [0.25, 0.3) is 11.3 Å². The molecule has 2 unspecified atom stereocenters. The molecule has 0 aliphatic rings. The highest BCUT2D eigenvalue weighted by atomic mass is 127. The second kappa shape index (κ2) is 13.1. The predicted molar refractivity (Wildman–Crippen MR) is 102 cm³/mol. The molecule has 38 heavy (non-hydrogen) atoms. The molecule has 0 aromatic carbocycles. The van der Waals surface area contributed by atoms with Gasteiger partial charge < -0.3 is 0 Å². The van der Waals surface area contributed by atoms with Crippen molar-refractivity contribution in [2.24, 2.45) is 11.8 Å². The Kier molecular flexibility index (Phi) is 13.7. The molecule has 0 amide bonds. The van der Waals surface area contributed by atoms with Crippen molar-refractivity contribution in [2.75, 3.05) is 10.2 Å². The van der Waals surface area contributed by atoms with E-state index in [0.717, 1.165) is 0 Å². The van der Waals surface area contributed by atoms with Gasteiger partial charge in [-0.3, -0.25) is 0 Å². The van der Waals surface area contributed by atoms with Crippen LogP contribution >= 0.6 is 35.2 Å². The van der Waals surface area contributed by atoms with Gasteiger partial charge in [-0.05, 0) is 18.6 Å². The van der Waals surface area contributed by atoms with Crippen LogP contribution in [0.25, 0.3) is 0 Å². The van der Waals surface area contributed by atoms with Gasteiger partial charge in [0.2, 0.25) is 0 Å². The zero-order valence-corrected chi connectivity index (χ0v) is 20.8. The topological polar surface area (TPSA) is 0 Å². The summed E-state index contributed by atoms with van der Waals surface area (Å²) >= 11 is 4.65. The van der Waals surface area contributed by atoms with E-state index in [-0.39, 0.29) is 4.43 Å². The monoisotopic (exact) mass is 746 g/mol. The molecular weight excluding hydrogens is 731 g/mol. The van der Waals surface area contributed by atoms with E-state index < -0.39 is 91.7 Å². The molecule has 22 heteroatoms. The Hall–Kier alpha value is -0.320. The molecule has 2 atom stereocenters. The quantitative estimate of drug-likeness (QED) is 0.109. The lowest BCUT2D eigenvalue weighted by Crippen LogP contribution is -2.55. The third kappa shape index (κ3) is 10.6. The van der Waals surface area contributed by atoms with Gasteiger partial charge in [0.15, 0.2) is 0 Å². The van der Waals surface area contributed by atoms with Crippen molar-refractivity contribution < 1.29 is 87.8 Å². The molecule has 0 nitrogen and oxygen atoms in total. The third-order valence-corrected chi connectivity index (χ3v) is 5.59. The highest BCUT2D eigenvalue weighted by molar-refractivity contribution is 14.1. The number of rotatable bonds is 8. The molecule has 0 N–H and O–H groups in total. The van der Waals surface area contributed by atoms with Gasteiger partial charge in [0, 0.05) is 17.3 Å². The Morgan fingerprint density at radius 2 is 0.684 bits per heavy atom. The molecule has 232 valence electrons.